The summed E-state index contributed by atoms with van der Waals surface area (Å²) in [5.74, 6) is 1.46. The number of nitrogens with one attached hydrogen (secondary N) is 1. The Bertz CT molecular complexity index is 1050. The molecule has 0 spiro atoms. The third-order valence-corrected chi connectivity index (χ3v) is 5.43. The number of nitrogen functional groups attached to an aromatic ring is 1. The number of imidazole rings is 1. The molecular weight excluding hydrogens is 344 g/mol. The van der Waals surface area contributed by atoms with E-state index in [1.807, 2.05) is 11.4 Å². The van der Waals surface area contributed by atoms with Crippen molar-refractivity contribution in [1.29, 1.82) is 0 Å². The van der Waals surface area contributed by atoms with Gasteiger partial charge in [0.05, 0.1) is 22.3 Å². The number of benzene rings is 1. The summed E-state index contributed by atoms with van der Waals surface area (Å²) >= 11 is 1.68. The van der Waals surface area contributed by atoms with Crippen LogP contribution in [0.5, 0.6) is 0 Å². The Morgan fingerprint density at radius 3 is 2.62 bits per heavy atom. The summed E-state index contributed by atoms with van der Waals surface area (Å²) in [7, 11) is 0. The number of aromatic nitrogens is 3. The van der Waals surface area contributed by atoms with Gasteiger partial charge in [-0.05, 0) is 29.1 Å². The fraction of sp³-hybridized carbons (Fsp3) is 0.263. The molecule has 0 atom stereocenters. The lowest BCUT2D eigenvalue weighted by atomic mass is 10.1. The van der Waals surface area contributed by atoms with Crippen LogP contribution in [0.4, 0.5) is 5.82 Å². The first kappa shape index (κ1) is 17.0. The number of nitrogens with two attached hydrogens (primary N) is 2. The smallest absolute Gasteiger partial charge is 0.152 e. The average molecular weight is 366 g/mol. The first-order chi connectivity index (χ1) is 12.7. The van der Waals surface area contributed by atoms with E-state index >= 15 is 0 Å². The second-order valence-electron chi connectivity index (χ2n) is 6.24. The molecule has 0 aliphatic heterocycles. The van der Waals surface area contributed by atoms with Gasteiger partial charge < -0.3 is 21.4 Å². The molecule has 3 aromatic heterocycles. The lowest BCUT2D eigenvalue weighted by Crippen LogP contribution is -2.16. The highest BCUT2D eigenvalue weighted by Crippen LogP contribution is 2.32. The van der Waals surface area contributed by atoms with Crippen molar-refractivity contribution in [1.82, 2.24) is 19.9 Å². The van der Waals surface area contributed by atoms with E-state index in [0.717, 1.165) is 45.7 Å². The van der Waals surface area contributed by atoms with Gasteiger partial charge >= 0.3 is 0 Å². The van der Waals surface area contributed by atoms with E-state index in [1.54, 1.807) is 11.3 Å². The molecule has 0 bridgehead atoms. The molecule has 3 heterocycles. The molecule has 0 amide bonds. The van der Waals surface area contributed by atoms with Crippen LogP contribution in [0.3, 0.4) is 0 Å². The van der Waals surface area contributed by atoms with Crippen molar-refractivity contribution in [2.75, 3.05) is 12.3 Å². The topological polar surface area (TPSA) is 94.8 Å². The average Bonchev–Trinajstić information content (AvgIpc) is 3.25. The van der Waals surface area contributed by atoms with Crippen molar-refractivity contribution in [3.8, 4) is 0 Å². The van der Waals surface area contributed by atoms with Crippen LogP contribution in [-0.2, 0) is 19.6 Å². The van der Waals surface area contributed by atoms with Crippen LogP contribution in [0.1, 0.15) is 23.9 Å². The number of hydrogen-bond donors (Lipinski definition) is 3. The summed E-state index contributed by atoms with van der Waals surface area (Å²) in [6.07, 6.45) is 0. The van der Waals surface area contributed by atoms with Gasteiger partial charge in [-0.2, -0.15) is 0 Å². The summed E-state index contributed by atoms with van der Waals surface area (Å²) in [5.41, 5.74) is 17.0. The monoisotopic (exact) mass is 366 g/mol. The van der Waals surface area contributed by atoms with Gasteiger partial charge in [0.1, 0.15) is 11.3 Å². The van der Waals surface area contributed by atoms with Crippen LogP contribution in [-0.4, -0.2) is 21.1 Å². The molecule has 134 valence electrons. The zero-order valence-electron chi connectivity index (χ0n) is 14.7. The van der Waals surface area contributed by atoms with E-state index in [4.69, 9.17) is 16.5 Å². The maximum atomic E-state index is 6.21. The van der Waals surface area contributed by atoms with Crippen molar-refractivity contribution in [2.24, 2.45) is 5.73 Å². The number of thiophene rings is 1. The molecule has 5 N–H and O–H groups in total. The maximum absolute atomic E-state index is 6.21. The van der Waals surface area contributed by atoms with Crippen LogP contribution >= 0.6 is 11.3 Å². The molecule has 0 fully saturated rings. The molecule has 0 unspecified atom stereocenters. The number of hydrogen-bond acceptors (Lipinski definition) is 6. The number of anilines is 1. The first-order valence-corrected chi connectivity index (χ1v) is 9.59. The predicted molar refractivity (Wildman–Crippen MR) is 108 cm³/mol. The summed E-state index contributed by atoms with van der Waals surface area (Å²) in [6.45, 7) is 4.96. The molecule has 26 heavy (non-hydrogen) atoms. The van der Waals surface area contributed by atoms with Crippen LogP contribution in [0.25, 0.3) is 21.3 Å². The van der Waals surface area contributed by atoms with Gasteiger partial charge in [0.25, 0.3) is 0 Å². The molecular formula is C19H22N6S. The Balaban J connectivity index is 1.88. The molecule has 1 aromatic carbocycles. The van der Waals surface area contributed by atoms with Gasteiger partial charge in [0.2, 0.25) is 0 Å². The van der Waals surface area contributed by atoms with Gasteiger partial charge in [-0.1, -0.05) is 31.2 Å². The minimum absolute atomic E-state index is 0.487. The van der Waals surface area contributed by atoms with E-state index in [-0.39, 0.29) is 0 Å². The summed E-state index contributed by atoms with van der Waals surface area (Å²) < 4.78 is 3.38. The molecule has 4 rings (SSSR count). The second-order valence-corrected chi connectivity index (χ2v) is 7.16. The lowest BCUT2D eigenvalue weighted by Gasteiger charge is -2.11. The maximum Gasteiger partial charge on any atom is 0.152 e. The molecule has 4 aromatic rings. The van der Waals surface area contributed by atoms with Gasteiger partial charge in [-0.3, -0.25) is 0 Å². The summed E-state index contributed by atoms with van der Waals surface area (Å²) in [5, 5.41) is 5.42. The van der Waals surface area contributed by atoms with Gasteiger partial charge in [-0.25, -0.2) is 9.97 Å². The number of nitrogens with zero attached hydrogens (tertiary/aromatic N) is 3. The molecule has 0 aliphatic carbocycles. The van der Waals surface area contributed by atoms with Crippen molar-refractivity contribution in [2.45, 2.75) is 26.6 Å². The zero-order valence-corrected chi connectivity index (χ0v) is 15.5. The molecule has 0 saturated carbocycles. The predicted octanol–water partition coefficient (Wildman–Crippen LogP) is 2.84. The minimum atomic E-state index is 0.487. The zero-order chi connectivity index (χ0) is 18.1. The van der Waals surface area contributed by atoms with Crippen LogP contribution < -0.4 is 16.8 Å². The Morgan fingerprint density at radius 2 is 1.88 bits per heavy atom. The highest BCUT2D eigenvalue weighted by atomic mass is 32.1. The van der Waals surface area contributed by atoms with Crippen molar-refractivity contribution in [3.05, 3.63) is 52.7 Å². The third-order valence-electron chi connectivity index (χ3n) is 4.52. The van der Waals surface area contributed by atoms with E-state index in [2.05, 4.69) is 46.1 Å². The minimum Gasteiger partial charge on any atom is -0.382 e. The van der Waals surface area contributed by atoms with E-state index < -0.39 is 0 Å². The Morgan fingerprint density at radius 1 is 1.12 bits per heavy atom. The SMILES string of the molecule is CCNCc1nc2c(N)nc3ccsc3c2n1Cc1ccc(CN)cc1. The Labute approximate surface area is 155 Å². The van der Waals surface area contributed by atoms with E-state index in [0.29, 0.717) is 18.9 Å². The second kappa shape index (κ2) is 7.03. The van der Waals surface area contributed by atoms with Crippen LogP contribution in [0.2, 0.25) is 0 Å². The Kier molecular flexibility index (Phi) is 4.58. The number of fused-ring (bicyclic) bond motifs is 3. The van der Waals surface area contributed by atoms with E-state index in [9.17, 15) is 0 Å². The lowest BCUT2D eigenvalue weighted by molar-refractivity contribution is 0.648. The first-order valence-electron chi connectivity index (χ1n) is 8.71. The van der Waals surface area contributed by atoms with Crippen molar-refractivity contribution in [3.63, 3.8) is 0 Å². The highest BCUT2D eigenvalue weighted by Gasteiger charge is 2.18. The standard InChI is InChI=1S/C19H22N6S/c1-2-22-10-15-24-16-17(18-14(7-8-26-18)23-19(16)21)25(15)11-13-5-3-12(9-20)4-6-13/h3-8,22H,2,9-11,20H2,1H3,(H2,21,23). The van der Waals surface area contributed by atoms with Gasteiger partial charge in [0.15, 0.2) is 5.82 Å². The summed E-state index contributed by atoms with van der Waals surface area (Å²) in [6, 6.07) is 10.4. The fourth-order valence-electron chi connectivity index (χ4n) is 3.16. The molecule has 6 nitrogen and oxygen atoms in total. The van der Waals surface area contributed by atoms with Crippen molar-refractivity contribution >= 4 is 38.4 Å². The molecule has 7 heteroatoms. The van der Waals surface area contributed by atoms with Crippen molar-refractivity contribution < 1.29 is 0 Å². The van der Waals surface area contributed by atoms with Gasteiger partial charge in [-0.15, -0.1) is 11.3 Å². The Hall–Kier alpha value is -2.48. The molecule has 0 aliphatic rings. The normalized spacial score (nSPS) is 11.6. The largest absolute Gasteiger partial charge is 0.382 e. The fourth-order valence-corrected chi connectivity index (χ4v) is 4.05. The van der Waals surface area contributed by atoms with Crippen LogP contribution in [0, 0.1) is 0 Å². The summed E-state index contributed by atoms with van der Waals surface area (Å²) in [4.78, 5) is 9.32. The molecule has 0 saturated heterocycles. The highest BCUT2D eigenvalue weighted by molar-refractivity contribution is 7.18. The quantitative estimate of drug-likeness (QED) is 0.488. The van der Waals surface area contributed by atoms with Gasteiger partial charge in [0, 0.05) is 13.1 Å². The van der Waals surface area contributed by atoms with Crippen LogP contribution in [0.15, 0.2) is 35.7 Å². The number of rotatable bonds is 6. The third kappa shape index (κ3) is 2.94. The number of pyridine rings is 1. The molecule has 0 radical (unpaired) electrons. The van der Waals surface area contributed by atoms with E-state index in [1.165, 1.54) is 5.56 Å².